The summed E-state index contributed by atoms with van der Waals surface area (Å²) in [6, 6.07) is 0.0379. The van der Waals surface area contributed by atoms with Crippen LogP contribution in [0.5, 0.6) is 0 Å². The van der Waals surface area contributed by atoms with Crippen molar-refractivity contribution in [1.29, 1.82) is 0 Å². The second-order valence-electron chi connectivity index (χ2n) is 10.3. The van der Waals surface area contributed by atoms with Gasteiger partial charge >= 0.3 is 122 Å². The first kappa shape index (κ1) is 28.6. The predicted molar refractivity (Wildman–Crippen MR) is 136 cm³/mol. The second-order valence-corrected chi connectivity index (χ2v) is 11.6. The third-order valence-corrected chi connectivity index (χ3v) is 7.85. The van der Waals surface area contributed by atoms with E-state index in [4.69, 9.17) is 0 Å². The Hall–Kier alpha value is -1.62. The molecule has 2 rings (SSSR count). The van der Waals surface area contributed by atoms with Crippen LogP contribution in [0.1, 0.15) is 72.1 Å². The molecule has 0 aromatic heterocycles. The van der Waals surface area contributed by atoms with Crippen LogP contribution in [-0.2, 0) is 14.3 Å². The van der Waals surface area contributed by atoms with Gasteiger partial charge in [-0.25, -0.2) is 4.79 Å². The number of thioether (sulfide) groups is 1. The van der Waals surface area contributed by atoms with Crippen molar-refractivity contribution in [2.45, 2.75) is 95.5 Å². The van der Waals surface area contributed by atoms with Gasteiger partial charge in [0.2, 0.25) is 5.91 Å². The SMILES string of the molecule is CC(C)(C)[C@H](NCB=O)C(=O)NCCCCCCNC(=O)CCCCC1SCC2NC(=O)NC21. The van der Waals surface area contributed by atoms with Gasteiger partial charge in [-0.3, -0.25) is 4.79 Å². The van der Waals surface area contributed by atoms with Crippen molar-refractivity contribution in [3.8, 4) is 0 Å². The number of rotatable bonds is 16. The van der Waals surface area contributed by atoms with Crippen molar-refractivity contribution in [3.05, 3.63) is 0 Å². The Bertz CT molecular complexity index is 691. The van der Waals surface area contributed by atoms with Gasteiger partial charge in [0.1, 0.15) is 0 Å². The molecule has 0 radical (unpaired) electrons. The number of urea groups is 1. The van der Waals surface area contributed by atoms with Gasteiger partial charge in [-0.15, -0.1) is 0 Å². The molecule has 0 aromatic rings. The number of fused-ring (bicyclic) bond motifs is 1. The minimum Gasteiger partial charge on any atom is -0.332 e. The summed E-state index contributed by atoms with van der Waals surface area (Å²) in [5.74, 6) is 1.01. The molecule has 0 bridgehead atoms. The molecule has 0 spiro atoms. The summed E-state index contributed by atoms with van der Waals surface area (Å²) in [5.41, 5.74) is -0.269. The fraction of sp³-hybridized carbons (Fsp3) is 0.870. The Labute approximate surface area is 208 Å². The summed E-state index contributed by atoms with van der Waals surface area (Å²) >= 11 is 1.91. The molecule has 0 saturated carbocycles. The maximum atomic E-state index is 12.4. The van der Waals surface area contributed by atoms with Crippen LogP contribution in [0, 0.1) is 5.41 Å². The minimum absolute atomic E-state index is 0.0537. The third kappa shape index (κ3) is 9.94. The van der Waals surface area contributed by atoms with E-state index in [0.29, 0.717) is 24.8 Å². The maximum absolute atomic E-state index is 12.4. The van der Waals surface area contributed by atoms with Gasteiger partial charge in [-0.1, -0.05) is 6.42 Å². The van der Waals surface area contributed by atoms with Gasteiger partial charge in [-0.2, -0.15) is 11.8 Å². The van der Waals surface area contributed by atoms with Crippen molar-refractivity contribution in [3.63, 3.8) is 0 Å². The van der Waals surface area contributed by atoms with E-state index in [-0.39, 0.29) is 41.8 Å². The predicted octanol–water partition coefficient (Wildman–Crippen LogP) is 1.52. The van der Waals surface area contributed by atoms with Crippen molar-refractivity contribution in [2.24, 2.45) is 5.41 Å². The molecule has 2 aliphatic heterocycles. The average Bonchev–Trinajstić information content (AvgIpc) is 3.31. The number of hydrogen-bond donors (Lipinski definition) is 5. The molecule has 4 amide bonds. The molecule has 4 atom stereocenters. The number of hydrogen-bond acceptors (Lipinski definition) is 6. The van der Waals surface area contributed by atoms with E-state index in [1.54, 1.807) is 0 Å². The zero-order valence-corrected chi connectivity index (χ0v) is 21.7. The Morgan fingerprint density at radius 3 is 2.44 bits per heavy atom. The molecule has 2 fully saturated rings. The Balaban J connectivity index is 1.43. The van der Waals surface area contributed by atoms with E-state index in [2.05, 4.69) is 26.6 Å². The number of amides is 4. The average molecular weight is 495 g/mol. The molecule has 9 nitrogen and oxygen atoms in total. The summed E-state index contributed by atoms with van der Waals surface area (Å²) in [4.78, 5) is 35.9. The monoisotopic (exact) mass is 495 g/mol. The van der Waals surface area contributed by atoms with Crippen LogP contribution >= 0.6 is 11.8 Å². The molecule has 5 N–H and O–H groups in total. The standard InChI is InChI=1S/C23H42BN5O4S/c1-23(2,3)20(27-15-24-33)21(31)26-13-9-5-4-8-12-25-18(30)11-7-6-10-17-19-16(14-34-17)28-22(32)29-19/h16-17,19-20,27H,4-15H2,1-3H3,(H,25,30)(H,26,31)(H2,28,29,32)/t16?,17?,19?,20-/m1/s1. The van der Waals surface area contributed by atoms with Crippen LogP contribution in [0.3, 0.4) is 0 Å². The molecule has 2 aliphatic rings. The molecule has 2 heterocycles. The Kier molecular flexibility index (Phi) is 12.4. The number of carbonyl (C=O) groups is 3. The van der Waals surface area contributed by atoms with E-state index >= 15 is 0 Å². The first-order chi connectivity index (χ1) is 16.2. The zero-order chi connectivity index (χ0) is 25.0. The normalized spacial score (nSPS) is 22.3. The molecule has 192 valence electrons. The topological polar surface area (TPSA) is 128 Å². The van der Waals surface area contributed by atoms with E-state index in [1.165, 1.54) is 0 Å². The van der Waals surface area contributed by atoms with Gasteiger partial charge in [0.05, 0.1) is 12.1 Å². The Morgan fingerprint density at radius 1 is 1.06 bits per heavy atom. The Morgan fingerprint density at radius 2 is 1.76 bits per heavy atom. The van der Waals surface area contributed by atoms with Gasteiger partial charge in [0.25, 0.3) is 0 Å². The molecule has 0 aromatic carbocycles. The molecule has 11 heteroatoms. The van der Waals surface area contributed by atoms with Crippen LogP contribution in [-0.4, -0.2) is 73.7 Å². The van der Waals surface area contributed by atoms with Crippen molar-refractivity contribution < 1.29 is 19.1 Å². The first-order valence-electron chi connectivity index (χ1n) is 12.6. The fourth-order valence-electron chi connectivity index (χ4n) is 4.47. The van der Waals surface area contributed by atoms with Gasteiger partial charge in [-0.05, 0) is 12.8 Å². The van der Waals surface area contributed by atoms with Gasteiger partial charge in [0.15, 0.2) is 0 Å². The number of carbonyl (C=O) groups excluding carboxylic acids is 3. The summed E-state index contributed by atoms with van der Waals surface area (Å²) < 4.78 is 10.6. The molecular weight excluding hydrogens is 453 g/mol. The minimum atomic E-state index is -0.401. The molecular formula is C23H42BN5O4S. The number of nitrogens with one attached hydrogen (secondary N) is 5. The van der Waals surface area contributed by atoms with Gasteiger partial charge in [0, 0.05) is 17.4 Å². The van der Waals surface area contributed by atoms with E-state index in [9.17, 15) is 19.1 Å². The second kappa shape index (κ2) is 14.7. The van der Waals surface area contributed by atoms with Crippen LogP contribution < -0.4 is 26.6 Å². The number of unbranched alkanes of at least 4 members (excludes halogenated alkanes) is 4. The summed E-state index contributed by atoms with van der Waals surface area (Å²) in [6.07, 6.45) is 7.43. The van der Waals surface area contributed by atoms with Crippen LogP contribution in [0.2, 0.25) is 0 Å². The van der Waals surface area contributed by atoms with E-state index in [1.807, 2.05) is 32.5 Å². The molecule has 2 saturated heterocycles. The third-order valence-electron chi connectivity index (χ3n) is 6.34. The van der Waals surface area contributed by atoms with Crippen LogP contribution in [0.4, 0.5) is 4.79 Å². The molecule has 34 heavy (non-hydrogen) atoms. The summed E-state index contributed by atoms with van der Waals surface area (Å²) in [6.45, 7) is 7.22. The zero-order valence-electron chi connectivity index (χ0n) is 20.9. The van der Waals surface area contributed by atoms with Gasteiger partial charge < -0.3 is 10.6 Å². The van der Waals surface area contributed by atoms with Crippen molar-refractivity contribution in [2.75, 3.05) is 25.3 Å². The van der Waals surface area contributed by atoms with E-state index < -0.39 is 6.04 Å². The molecule has 0 aliphatic carbocycles. The first-order valence-corrected chi connectivity index (χ1v) is 13.7. The smallest absolute Gasteiger partial charge is 0.332 e. The summed E-state index contributed by atoms with van der Waals surface area (Å²) in [7, 11) is 0.768. The summed E-state index contributed by atoms with van der Waals surface area (Å²) in [5, 5.41) is 15.4. The van der Waals surface area contributed by atoms with Crippen molar-refractivity contribution >= 4 is 36.8 Å². The van der Waals surface area contributed by atoms with Crippen LogP contribution in [0.25, 0.3) is 0 Å². The van der Waals surface area contributed by atoms with Crippen LogP contribution in [0.15, 0.2) is 0 Å². The van der Waals surface area contributed by atoms with E-state index in [0.717, 1.165) is 57.8 Å². The fourth-order valence-corrected chi connectivity index (χ4v) is 6.01. The molecule has 3 unspecified atom stereocenters. The van der Waals surface area contributed by atoms with Crippen molar-refractivity contribution in [1.82, 2.24) is 26.6 Å². The quantitative estimate of drug-likeness (QED) is 0.126.